The normalized spacial score (nSPS) is 14.3. The van der Waals surface area contributed by atoms with Crippen LogP contribution in [0.5, 0.6) is 11.5 Å². The van der Waals surface area contributed by atoms with Crippen LogP contribution in [-0.2, 0) is 11.8 Å². The lowest BCUT2D eigenvalue weighted by molar-refractivity contribution is 0.240. The number of carbonyl (C=O) groups excluding carboxylic acids is 1. The smallest absolute Gasteiger partial charge is 0.314 e. The molecule has 0 saturated heterocycles. The first-order valence-corrected chi connectivity index (χ1v) is 9.36. The zero-order valence-electron chi connectivity index (χ0n) is 16.3. The largest absolute Gasteiger partial charge is 0.493 e. The van der Waals surface area contributed by atoms with Gasteiger partial charge in [-0.15, -0.1) is 0 Å². The molecular formula is C22H28N2O3. The summed E-state index contributed by atoms with van der Waals surface area (Å²) in [6.45, 7) is 3.34. The maximum Gasteiger partial charge on any atom is 0.314 e. The molecule has 2 aromatic rings. The number of methoxy groups -OCH3 is 2. The summed E-state index contributed by atoms with van der Waals surface area (Å²) < 4.78 is 10.6. The third-order valence-electron chi connectivity index (χ3n) is 5.25. The van der Waals surface area contributed by atoms with Crippen molar-refractivity contribution in [2.45, 2.75) is 31.6 Å². The van der Waals surface area contributed by atoms with Crippen molar-refractivity contribution in [1.29, 1.82) is 0 Å². The second kappa shape index (κ2) is 8.33. The Hall–Kier alpha value is -2.69. The molecule has 1 saturated carbocycles. The average molecular weight is 368 g/mol. The van der Waals surface area contributed by atoms with Gasteiger partial charge in [-0.1, -0.05) is 35.9 Å². The van der Waals surface area contributed by atoms with Crippen LogP contribution in [-0.4, -0.2) is 33.3 Å². The molecule has 27 heavy (non-hydrogen) atoms. The van der Waals surface area contributed by atoms with E-state index in [-0.39, 0.29) is 11.4 Å². The van der Waals surface area contributed by atoms with Crippen LogP contribution in [0.15, 0.2) is 42.5 Å². The molecule has 0 spiro atoms. The van der Waals surface area contributed by atoms with Crippen LogP contribution >= 0.6 is 0 Å². The summed E-state index contributed by atoms with van der Waals surface area (Å²) in [4.78, 5) is 12.1. The number of benzene rings is 2. The Labute approximate surface area is 161 Å². The second-order valence-corrected chi connectivity index (χ2v) is 7.20. The number of ether oxygens (including phenoxy) is 2. The minimum atomic E-state index is -0.117. The molecule has 5 heteroatoms. The number of carbonyl (C=O) groups is 1. The quantitative estimate of drug-likeness (QED) is 0.749. The van der Waals surface area contributed by atoms with Crippen LogP contribution in [0.25, 0.3) is 0 Å². The van der Waals surface area contributed by atoms with Crippen LogP contribution in [0, 0.1) is 6.92 Å². The van der Waals surface area contributed by atoms with E-state index in [9.17, 15) is 4.79 Å². The molecule has 1 aliphatic rings. The Morgan fingerprint density at radius 1 is 1.00 bits per heavy atom. The van der Waals surface area contributed by atoms with E-state index >= 15 is 0 Å². The van der Waals surface area contributed by atoms with Crippen molar-refractivity contribution in [3.8, 4) is 11.5 Å². The number of hydrogen-bond acceptors (Lipinski definition) is 3. The maximum atomic E-state index is 12.1. The average Bonchev–Trinajstić information content (AvgIpc) is 3.48. The molecule has 0 unspecified atom stereocenters. The van der Waals surface area contributed by atoms with E-state index in [1.807, 2.05) is 18.2 Å². The third kappa shape index (κ3) is 4.73. The molecule has 0 aromatic heterocycles. The van der Waals surface area contributed by atoms with Crippen molar-refractivity contribution in [3.63, 3.8) is 0 Å². The van der Waals surface area contributed by atoms with Gasteiger partial charge in [0.2, 0.25) is 0 Å². The summed E-state index contributed by atoms with van der Waals surface area (Å²) in [7, 11) is 3.24. The molecule has 0 aliphatic heterocycles. The van der Waals surface area contributed by atoms with Gasteiger partial charge in [0.25, 0.3) is 0 Å². The predicted molar refractivity (Wildman–Crippen MR) is 107 cm³/mol. The Morgan fingerprint density at radius 3 is 2.33 bits per heavy atom. The number of amides is 2. The van der Waals surface area contributed by atoms with Gasteiger partial charge >= 0.3 is 6.03 Å². The zero-order valence-corrected chi connectivity index (χ0v) is 16.3. The fraction of sp³-hybridized carbons (Fsp3) is 0.409. The molecule has 2 aromatic carbocycles. The highest BCUT2D eigenvalue weighted by atomic mass is 16.5. The lowest BCUT2D eigenvalue weighted by atomic mass is 9.95. The van der Waals surface area contributed by atoms with Gasteiger partial charge in [-0.3, -0.25) is 0 Å². The van der Waals surface area contributed by atoms with E-state index in [2.05, 4.69) is 41.8 Å². The van der Waals surface area contributed by atoms with Crippen LogP contribution in [0.2, 0.25) is 0 Å². The molecule has 0 bridgehead atoms. The molecular weight excluding hydrogens is 340 g/mol. The maximum absolute atomic E-state index is 12.1. The number of nitrogens with one attached hydrogen (secondary N) is 2. The molecule has 1 fully saturated rings. The number of aryl methyl sites for hydroxylation is 1. The summed E-state index contributed by atoms with van der Waals surface area (Å²) in [5, 5.41) is 5.97. The zero-order chi connectivity index (χ0) is 19.3. The van der Waals surface area contributed by atoms with Crippen molar-refractivity contribution in [1.82, 2.24) is 10.6 Å². The monoisotopic (exact) mass is 368 g/mol. The van der Waals surface area contributed by atoms with Crippen LogP contribution < -0.4 is 20.1 Å². The number of hydrogen-bond donors (Lipinski definition) is 2. The third-order valence-corrected chi connectivity index (χ3v) is 5.25. The molecule has 3 rings (SSSR count). The van der Waals surface area contributed by atoms with Gasteiger partial charge in [0.15, 0.2) is 11.5 Å². The lowest BCUT2D eigenvalue weighted by Gasteiger charge is -2.17. The van der Waals surface area contributed by atoms with Gasteiger partial charge in [0.05, 0.1) is 14.2 Å². The van der Waals surface area contributed by atoms with Crippen molar-refractivity contribution in [2.24, 2.45) is 0 Å². The number of rotatable bonds is 8. The van der Waals surface area contributed by atoms with Crippen LogP contribution in [0.1, 0.15) is 29.5 Å². The van der Waals surface area contributed by atoms with Gasteiger partial charge in [0.1, 0.15) is 0 Å². The summed E-state index contributed by atoms with van der Waals surface area (Å²) in [5.74, 6) is 1.41. The Morgan fingerprint density at radius 2 is 1.70 bits per heavy atom. The summed E-state index contributed by atoms with van der Waals surface area (Å²) in [6.07, 6.45) is 2.99. The first-order valence-electron chi connectivity index (χ1n) is 9.36. The van der Waals surface area contributed by atoms with Gasteiger partial charge in [-0.05, 0) is 49.4 Å². The van der Waals surface area contributed by atoms with Crippen molar-refractivity contribution in [2.75, 3.05) is 27.3 Å². The highest BCUT2D eigenvalue weighted by Crippen LogP contribution is 2.47. The van der Waals surface area contributed by atoms with E-state index in [4.69, 9.17) is 9.47 Å². The number of urea groups is 1. The minimum Gasteiger partial charge on any atom is -0.493 e. The fourth-order valence-electron chi connectivity index (χ4n) is 3.29. The van der Waals surface area contributed by atoms with Crippen LogP contribution in [0.4, 0.5) is 4.79 Å². The molecule has 0 atom stereocenters. The summed E-state index contributed by atoms with van der Waals surface area (Å²) >= 11 is 0. The predicted octanol–water partition coefficient (Wildman–Crippen LogP) is 3.59. The van der Waals surface area contributed by atoms with Crippen LogP contribution in [0.3, 0.4) is 0 Å². The van der Waals surface area contributed by atoms with E-state index in [0.717, 1.165) is 24.8 Å². The van der Waals surface area contributed by atoms with Crippen molar-refractivity contribution >= 4 is 6.03 Å². The topological polar surface area (TPSA) is 59.6 Å². The van der Waals surface area contributed by atoms with Gasteiger partial charge in [-0.25, -0.2) is 4.79 Å². The molecule has 2 N–H and O–H groups in total. The fourth-order valence-corrected chi connectivity index (χ4v) is 3.29. The van der Waals surface area contributed by atoms with Crippen molar-refractivity contribution < 1.29 is 14.3 Å². The summed E-state index contributed by atoms with van der Waals surface area (Å²) in [6, 6.07) is 14.3. The Balaban J connectivity index is 1.44. The highest BCUT2D eigenvalue weighted by molar-refractivity contribution is 5.74. The molecule has 5 nitrogen and oxygen atoms in total. The standard InChI is InChI=1S/C22H28N2O3/c1-16-4-7-18(8-5-16)22(11-12-22)15-24-21(25)23-13-10-17-6-9-19(26-2)20(14-17)27-3/h4-9,14H,10-13,15H2,1-3H3,(H2,23,24,25). The lowest BCUT2D eigenvalue weighted by Crippen LogP contribution is -2.40. The first kappa shape index (κ1) is 19.1. The summed E-state index contributed by atoms with van der Waals surface area (Å²) in [5.41, 5.74) is 3.79. The molecule has 0 radical (unpaired) electrons. The van der Waals surface area contributed by atoms with E-state index in [0.29, 0.717) is 24.6 Å². The molecule has 2 amide bonds. The van der Waals surface area contributed by atoms with Crippen molar-refractivity contribution in [3.05, 3.63) is 59.2 Å². The molecule has 0 heterocycles. The Kier molecular flexibility index (Phi) is 5.89. The van der Waals surface area contributed by atoms with E-state index in [1.165, 1.54) is 11.1 Å². The second-order valence-electron chi connectivity index (χ2n) is 7.20. The molecule has 144 valence electrons. The van der Waals surface area contributed by atoms with E-state index < -0.39 is 0 Å². The minimum absolute atomic E-state index is 0.117. The van der Waals surface area contributed by atoms with Gasteiger partial charge in [0, 0.05) is 18.5 Å². The first-order chi connectivity index (χ1) is 13.1. The molecule has 1 aliphatic carbocycles. The highest BCUT2D eigenvalue weighted by Gasteiger charge is 2.44. The van der Waals surface area contributed by atoms with Gasteiger partial charge in [-0.2, -0.15) is 0 Å². The van der Waals surface area contributed by atoms with E-state index in [1.54, 1.807) is 14.2 Å². The Bertz CT molecular complexity index is 783. The SMILES string of the molecule is COc1ccc(CCNC(=O)NCC2(c3ccc(C)cc3)CC2)cc1OC. The van der Waals surface area contributed by atoms with Gasteiger partial charge < -0.3 is 20.1 Å².